The first-order valence-corrected chi connectivity index (χ1v) is 10.9. The van der Waals surface area contributed by atoms with E-state index in [-0.39, 0.29) is 12.6 Å². The average Bonchev–Trinajstić information content (AvgIpc) is 3.22. The van der Waals surface area contributed by atoms with Crippen molar-refractivity contribution in [1.82, 2.24) is 14.8 Å². The SMILES string of the molecule is Cc1ccc(-n2c(SCc3cc(F)cc4c3OCOC4)nnc2-c2ccccc2)cc1. The number of halogens is 1. The lowest BCUT2D eigenvalue weighted by Crippen LogP contribution is -2.13. The molecule has 3 aromatic carbocycles. The van der Waals surface area contributed by atoms with Crippen molar-refractivity contribution in [2.45, 2.75) is 24.4 Å². The molecular weight excluding hydrogens is 413 g/mol. The molecule has 5 rings (SSSR count). The van der Waals surface area contributed by atoms with E-state index in [1.54, 1.807) is 0 Å². The van der Waals surface area contributed by atoms with Crippen LogP contribution in [0.5, 0.6) is 5.75 Å². The van der Waals surface area contributed by atoms with Gasteiger partial charge in [-0.2, -0.15) is 0 Å². The highest BCUT2D eigenvalue weighted by Gasteiger charge is 2.20. The van der Waals surface area contributed by atoms with Gasteiger partial charge in [-0.3, -0.25) is 4.57 Å². The minimum atomic E-state index is -0.298. The first-order chi connectivity index (χ1) is 15.2. The van der Waals surface area contributed by atoms with Crippen LogP contribution in [-0.4, -0.2) is 21.6 Å². The Kier molecular flexibility index (Phi) is 5.44. The van der Waals surface area contributed by atoms with Gasteiger partial charge in [0.15, 0.2) is 17.8 Å². The third-order valence-electron chi connectivity index (χ3n) is 5.07. The molecule has 4 aromatic rings. The lowest BCUT2D eigenvalue weighted by molar-refractivity contribution is -0.0171. The van der Waals surface area contributed by atoms with Gasteiger partial charge in [0, 0.05) is 28.1 Å². The minimum Gasteiger partial charge on any atom is -0.467 e. The van der Waals surface area contributed by atoms with Gasteiger partial charge in [-0.15, -0.1) is 10.2 Å². The van der Waals surface area contributed by atoms with Crippen LogP contribution < -0.4 is 4.74 Å². The number of aromatic nitrogens is 3. The molecule has 1 aliphatic heterocycles. The zero-order valence-corrected chi connectivity index (χ0v) is 17.7. The van der Waals surface area contributed by atoms with Crippen molar-refractivity contribution >= 4 is 11.8 Å². The smallest absolute Gasteiger partial charge is 0.196 e. The summed E-state index contributed by atoms with van der Waals surface area (Å²) < 4.78 is 27.1. The topological polar surface area (TPSA) is 49.2 Å². The van der Waals surface area contributed by atoms with E-state index in [0.717, 1.165) is 33.4 Å². The van der Waals surface area contributed by atoms with Crippen molar-refractivity contribution in [1.29, 1.82) is 0 Å². The maximum absolute atomic E-state index is 14.1. The van der Waals surface area contributed by atoms with Gasteiger partial charge in [0.1, 0.15) is 11.6 Å². The Bertz CT molecular complexity index is 1210. The quantitative estimate of drug-likeness (QED) is 0.387. The van der Waals surface area contributed by atoms with Crippen LogP contribution in [-0.2, 0) is 17.1 Å². The molecule has 0 aliphatic carbocycles. The van der Waals surface area contributed by atoms with Crippen LogP contribution in [0.2, 0.25) is 0 Å². The van der Waals surface area contributed by atoms with Crippen LogP contribution in [0.4, 0.5) is 4.39 Å². The Morgan fingerprint density at radius 3 is 2.65 bits per heavy atom. The number of ether oxygens (including phenoxy) is 2. The predicted molar refractivity (Wildman–Crippen MR) is 118 cm³/mol. The predicted octanol–water partition coefficient (Wildman–Crippen LogP) is 5.54. The number of rotatable bonds is 5. The van der Waals surface area contributed by atoms with Gasteiger partial charge in [0.05, 0.1) is 6.61 Å². The second-order valence-corrected chi connectivity index (χ2v) is 8.24. The van der Waals surface area contributed by atoms with Crippen LogP contribution in [0.1, 0.15) is 16.7 Å². The summed E-state index contributed by atoms with van der Waals surface area (Å²) in [5.41, 5.74) is 4.64. The third kappa shape index (κ3) is 4.06. The molecule has 1 aliphatic rings. The summed E-state index contributed by atoms with van der Waals surface area (Å²) in [6, 6.07) is 21.2. The molecule has 5 nitrogen and oxygen atoms in total. The lowest BCUT2D eigenvalue weighted by atomic mass is 10.1. The van der Waals surface area contributed by atoms with Crippen molar-refractivity contribution in [2.24, 2.45) is 0 Å². The maximum atomic E-state index is 14.1. The van der Waals surface area contributed by atoms with Gasteiger partial charge in [0.25, 0.3) is 0 Å². The van der Waals surface area contributed by atoms with Crippen LogP contribution in [0.25, 0.3) is 17.1 Å². The van der Waals surface area contributed by atoms with Crippen molar-refractivity contribution in [2.75, 3.05) is 6.79 Å². The molecule has 0 spiro atoms. The van der Waals surface area contributed by atoms with Crippen LogP contribution in [0.15, 0.2) is 71.9 Å². The summed E-state index contributed by atoms with van der Waals surface area (Å²) in [5, 5.41) is 9.66. The Hall–Kier alpha value is -3.16. The minimum absolute atomic E-state index is 0.175. The first kappa shape index (κ1) is 19.8. The standard InChI is InChI=1S/C24H20FN3O2S/c1-16-7-9-21(10-8-16)28-23(17-5-3-2-4-6-17)26-27-24(28)31-14-19-12-20(25)11-18-13-29-15-30-22(18)19/h2-12H,13-15H2,1H3. The zero-order chi connectivity index (χ0) is 21.2. The molecule has 0 saturated carbocycles. The Morgan fingerprint density at radius 2 is 1.84 bits per heavy atom. The molecule has 0 N–H and O–H groups in total. The number of fused-ring (bicyclic) bond motifs is 1. The fourth-order valence-corrected chi connectivity index (χ4v) is 4.49. The Morgan fingerprint density at radius 1 is 1.03 bits per heavy atom. The van der Waals surface area contributed by atoms with Crippen LogP contribution in [0, 0.1) is 12.7 Å². The lowest BCUT2D eigenvalue weighted by Gasteiger charge is -2.20. The molecular formula is C24H20FN3O2S. The molecule has 0 fully saturated rings. The van der Waals surface area contributed by atoms with Crippen molar-refractivity contribution < 1.29 is 13.9 Å². The fraction of sp³-hybridized carbons (Fsp3) is 0.167. The van der Waals surface area contributed by atoms with Gasteiger partial charge in [0.2, 0.25) is 0 Å². The number of aryl methyl sites for hydroxylation is 1. The molecule has 0 saturated heterocycles. The molecule has 156 valence electrons. The van der Waals surface area contributed by atoms with E-state index in [2.05, 4.69) is 41.4 Å². The molecule has 0 bridgehead atoms. The molecule has 0 atom stereocenters. The molecule has 2 heterocycles. The van der Waals surface area contributed by atoms with Crippen molar-refractivity contribution in [3.05, 3.63) is 89.2 Å². The third-order valence-corrected chi connectivity index (χ3v) is 6.04. The number of thioether (sulfide) groups is 1. The van der Waals surface area contributed by atoms with E-state index in [1.165, 1.54) is 29.5 Å². The normalized spacial score (nSPS) is 13.0. The highest BCUT2D eigenvalue weighted by atomic mass is 32.2. The summed E-state index contributed by atoms with van der Waals surface area (Å²) in [4.78, 5) is 0. The average molecular weight is 434 g/mol. The number of benzene rings is 3. The van der Waals surface area contributed by atoms with Crippen LogP contribution >= 0.6 is 11.8 Å². The molecule has 1 aromatic heterocycles. The number of hydrogen-bond donors (Lipinski definition) is 0. The molecule has 0 radical (unpaired) electrons. The first-order valence-electron chi connectivity index (χ1n) is 9.91. The largest absolute Gasteiger partial charge is 0.467 e. The second kappa shape index (κ2) is 8.53. The Labute approximate surface area is 183 Å². The molecule has 31 heavy (non-hydrogen) atoms. The molecule has 0 amide bonds. The summed E-state index contributed by atoms with van der Waals surface area (Å²) >= 11 is 1.50. The summed E-state index contributed by atoms with van der Waals surface area (Å²) in [5.74, 6) is 1.66. The van der Waals surface area contributed by atoms with E-state index in [1.807, 2.05) is 34.9 Å². The summed E-state index contributed by atoms with van der Waals surface area (Å²) in [6.45, 7) is 2.58. The van der Waals surface area contributed by atoms with Gasteiger partial charge >= 0.3 is 0 Å². The highest BCUT2D eigenvalue weighted by Crippen LogP contribution is 2.35. The van der Waals surface area contributed by atoms with E-state index in [0.29, 0.717) is 18.1 Å². The van der Waals surface area contributed by atoms with E-state index in [9.17, 15) is 4.39 Å². The van der Waals surface area contributed by atoms with E-state index >= 15 is 0 Å². The van der Waals surface area contributed by atoms with Crippen molar-refractivity contribution in [3.8, 4) is 22.8 Å². The van der Waals surface area contributed by atoms with E-state index in [4.69, 9.17) is 9.47 Å². The summed E-state index contributed by atoms with van der Waals surface area (Å²) in [6.07, 6.45) is 0. The maximum Gasteiger partial charge on any atom is 0.196 e. The van der Waals surface area contributed by atoms with Crippen LogP contribution in [0.3, 0.4) is 0 Å². The van der Waals surface area contributed by atoms with E-state index < -0.39 is 0 Å². The number of hydrogen-bond acceptors (Lipinski definition) is 5. The van der Waals surface area contributed by atoms with Gasteiger partial charge in [-0.25, -0.2) is 4.39 Å². The summed E-state index contributed by atoms with van der Waals surface area (Å²) in [7, 11) is 0. The van der Waals surface area contributed by atoms with Gasteiger partial charge < -0.3 is 9.47 Å². The second-order valence-electron chi connectivity index (χ2n) is 7.30. The fourth-order valence-electron chi connectivity index (χ4n) is 3.57. The molecule has 7 heteroatoms. The van der Waals surface area contributed by atoms with Gasteiger partial charge in [-0.05, 0) is 31.2 Å². The molecule has 0 unspecified atom stereocenters. The zero-order valence-electron chi connectivity index (χ0n) is 16.9. The van der Waals surface area contributed by atoms with Crippen molar-refractivity contribution in [3.63, 3.8) is 0 Å². The van der Waals surface area contributed by atoms with Gasteiger partial charge in [-0.1, -0.05) is 59.8 Å². The Balaban J connectivity index is 1.52. The highest BCUT2D eigenvalue weighted by molar-refractivity contribution is 7.98. The number of nitrogens with zero attached hydrogens (tertiary/aromatic N) is 3. The monoisotopic (exact) mass is 433 g/mol.